The first kappa shape index (κ1) is 36.7. The number of hydrogen-bond acceptors (Lipinski definition) is 6. The number of aromatic nitrogens is 3. The van der Waals surface area contributed by atoms with Crippen molar-refractivity contribution >= 4 is 35.3 Å². The predicted octanol–water partition coefficient (Wildman–Crippen LogP) is 8.45. The number of carbonyl (C=O) groups is 2. The Morgan fingerprint density at radius 3 is 2.18 bits per heavy atom. The highest BCUT2D eigenvalue weighted by molar-refractivity contribution is 6.39. The SMILES string of the molecule is CN(CC(=O)c1c(Cl)cncc1Cl)C1CCCC(C)(C)C1.NC1CCCCC1.O=Cc1cnn(-c2ccccc2)c1C(F)(F)F. The Morgan fingerprint density at radius 2 is 1.67 bits per heavy atom. The highest BCUT2D eigenvalue weighted by Crippen LogP contribution is 2.37. The molecule has 2 saturated carbocycles. The molecule has 0 aliphatic heterocycles. The summed E-state index contributed by atoms with van der Waals surface area (Å²) in [5.74, 6) is -0.0433. The molecule has 2 heterocycles. The first-order chi connectivity index (χ1) is 21.2. The lowest BCUT2D eigenvalue weighted by Crippen LogP contribution is -2.41. The van der Waals surface area contributed by atoms with Crippen LogP contribution < -0.4 is 5.73 Å². The summed E-state index contributed by atoms with van der Waals surface area (Å²) in [7, 11) is 2.01. The Balaban J connectivity index is 0.000000205. The molecule has 12 heteroatoms. The summed E-state index contributed by atoms with van der Waals surface area (Å²) in [6.45, 7) is 4.93. The maximum absolute atomic E-state index is 12.8. The second-order valence-corrected chi connectivity index (χ2v) is 13.3. The maximum Gasteiger partial charge on any atom is 0.434 e. The lowest BCUT2D eigenvalue weighted by Gasteiger charge is -2.39. The number of hydrogen-bond donors (Lipinski definition) is 1. The molecule has 2 fully saturated rings. The van der Waals surface area contributed by atoms with Crippen LogP contribution in [0.5, 0.6) is 0 Å². The lowest BCUT2D eigenvalue weighted by atomic mass is 9.75. The van der Waals surface area contributed by atoms with Gasteiger partial charge in [-0.3, -0.25) is 19.5 Å². The monoisotopic (exact) mass is 667 g/mol. The standard InChI is InChI=1S/C16H22Cl2N2O.C11H7F3N2O.C6H13N/c1-16(2)6-4-5-11(7-16)20(3)10-14(21)15-12(17)8-19-9-13(15)18;12-11(13,14)10-8(7-17)6-15-16(10)9-4-2-1-3-5-9;7-6-4-2-1-3-5-6/h8-9,11H,4-7,10H2,1-3H3;1-7H;6H,1-5,7H2. The average molecular weight is 669 g/mol. The molecular weight excluding hydrogens is 626 g/mol. The van der Waals surface area contributed by atoms with E-state index in [1.165, 1.54) is 69.5 Å². The molecule has 1 atom stereocenters. The zero-order valence-electron chi connectivity index (χ0n) is 26.0. The van der Waals surface area contributed by atoms with Crippen LogP contribution in [0.25, 0.3) is 5.69 Å². The highest BCUT2D eigenvalue weighted by Gasteiger charge is 2.38. The number of nitrogens with zero attached hydrogens (tertiary/aromatic N) is 4. The van der Waals surface area contributed by atoms with Gasteiger partial charge >= 0.3 is 6.18 Å². The highest BCUT2D eigenvalue weighted by atomic mass is 35.5. The summed E-state index contributed by atoms with van der Waals surface area (Å²) < 4.78 is 39.1. The minimum atomic E-state index is -4.62. The van der Waals surface area contributed by atoms with Gasteiger partial charge in [0.25, 0.3) is 0 Å². The summed E-state index contributed by atoms with van der Waals surface area (Å²) in [5.41, 5.74) is 5.10. The van der Waals surface area contributed by atoms with E-state index in [1.54, 1.807) is 18.2 Å². The topological polar surface area (TPSA) is 94.1 Å². The first-order valence-electron chi connectivity index (χ1n) is 15.2. The number of para-hydroxylation sites is 1. The number of ketones is 1. The molecule has 2 aromatic heterocycles. The van der Waals surface area contributed by atoms with Gasteiger partial charge in [-0.15, -0.1) is 0 Å². The molecule has 0 amide bonds. The third kappa shape index (κ3) is 10.9. The number of Topliss-reactive ketones (excluding diaryl/α,β-unsaturated/α-hetero) is 1. The second-order valence-electron chi connectivity index (χ2n) is 12.4. The van der Waals surface area contributed by atoms with Crippen molar-refractivity contribution < 1.29 is 22.8 Å². The number of benzene rings is 1. The van der Waals surface area contributed by atoms with E-state index in [-0.39, 0.29) is 17.8 Å². The molecule has 0 radical (unpaired) electrons. The van der Waals surface area contributed by atoms with Crippen LogP contribution in [0.4, 0.5) is 13.2 Å². The molecule has 2 N–H and O–H groups in total. The number of alkyl halides is 3. The summed E-state index contributed by atoms with van der Waals surface area (Å²) in [4.78, 5) is 29.0. The molecular formula is C33H42Cl2F3N5O2. The third-order valence-corrected chi connectivity index (χ3v) is 8.74. The molecule has 45 heavy (non-hydrogen) atoms. The molecule has 1 unspecified atom stereocenters. The average Bonchev–Trinajstić information content (AvgIpc) is 3.44. The van der Waals surface area contributed by atoms with Crippen LogP contribution in [0.2, 0.25) is 10.0 Å². The van der Waals surface area contributed by atoms with E-state index in [4.69, 9.17) is 28.9 Å². The maximum atomic E-state index is 12.8. The fourth-order valence-electron chi connectivity index (χ4n) is 5.78. The van der Waals surface area contributed by atoms with Gasteiger partial charge in [0.15, 0.2) is 17.8 Å². The van der Waals surface area contributed by atoms with Crippen LogP contribution >= 0.6 is 23.2 Å². The van der Waals surface area contributed by atoms with Crippen molar-refractivity contribution in [1.82, 2.24) is 19.7 Å². The number of nitrogens with two attached hydrogens (primary N) is 1. The minimum Gasteiger partial charge on any atom is -0.328 e. The van der Waals surface area contributed by atoms with Crippen molar-refractivity contribution in [2.24, 2.45) is 11.1 Å². The molecule has 5 rings (SSSR count). The van der Waals surface area contributed by atoms with Crippen LogP contribution in [-0.4, -0.2) is 57.4 Å². The van der Waals surface area contributed by atoms with Gasteiger partial charge < -0.3 is 5.73 Å². The van der Waals surface area contributed by atoms with E-state index in [1.807, 2.05) is 7.05 Å². The number of aldehydes is 1. The zero-order valence-corrected chi connectivity index (χ0v) is 27.5. The lowest BCUT2D eigenvalue weighted by molar-refractivity contribution is -0.143. The molecule has 0 spiro atoms. The number of rotatable bonds is 6. The van der Waals surface area contributed by atoms with Crippen molar-refractivity contribution in [2.75, 3.05) is 13.6 Å². The quantitative estimate of drug-likeness (QED) is 0.209. The van der Waals surface area contributed by atoms with Gasteiger partial charge in [-0.1, -0.05) is 80.9 Å². The van der Waals surface area contributed by atoms with E-state index in [2.05, 4.69) is 28.8 Å². The van der Waals surface area contributed by atoms with Crippen LogP contribution in [0.1, 0.15) is 98.0 Å². The summed E-state index contributed by atoms with van der Waals surface area (Å²) >= 11 is 12.1. The van der Waals surface area contributed by atoms with Crippen LogP contribution in [0.15, 0.2) is 48.9 Å². The van der Waals surface area contributed by atoms with E-state index < -0.39 is 17.4 Å². The van der Waals surface area contributed by atoms with Crippen molar-refractivity contribution in [3.8, 4) is 5.69 Å². The van der Waals surface area contributed by atoms with Crippen LogP contribution in [0, 0.1) is 5.41 Å². The van der Waals surface area contributed by atoms with Crippen LogP contribution in [0.3, 0.4) is 0 Å². The fourth-order valence-corrected chi connectivity index (χ4v) is 6.35. The van der Waals surface area contributed by atoms with Gasteiger partial charge in [0, 0.05) is 24.5 Å². The molecule has 7 nitrogen and oxygen atoms in total. The normalized spacial score (nSPS) is 18.3. The Labute approximate surface area is 273 Å². The number of carbonyl (C=O) groups excluding carboxylic acids is 2. The molecule has 1 aromatic carbocycles. The minimum absolute atomic E-state index is 0.0433. The van der Waals surface area contributed by atoms with Crippen molar-refractivity contribution in [3.63, 3.8) is 0 Å². The van der Waals surface area contributed by atoms with E-state index in [0.717, 1.165) is 19.0 Å². The number of likely N-dealkylation sites (N-methyl/N-ethyl adjacent to an activating group) is 1. The largest absolute Gasteiger partial charge is 0.434 e. The van der Waals surface area contributed by atoms with Crippen molar-refractivity contribution in [1.29, 1.82) is 0 Å². The smallest absolute Gasteiger partial charge is 0.328 e. The Hall–Kier alpha value is -2.79. The predicted molar refractivity (Wildman–Crippen MR) is 172 cm³/mol. The van der Waals surface area contributed by atoms with Gasteiger partial charge in [-0.05, 0) is 56.7 Å². The van der Waals surface area contributed by atoms with E-state index in [9.17, 15) is 22.8 Å². The fraction of sp³-hybridized carbons (Fsp3) is 0.515. The molecule has 2 aliphatic rings. The molecule has 3 aromatic rings. The number of halogens is 5. The van der Waals surface area contributed by atoms with Crippen molar-refractivity contribution in [3.05, 3.63) is 75.8 Å². The Bertz CT molecular complexity index is 1370. The number of pyridine rings is 1. The molecule has 246 valence electrons. The Morgan fingerprint density at radius 1 is 1.04 bits per heavy atom. The zero-order chi connectivity index (χ0) is 33.2. The summed E-state index contributed by atoms with van der Waals surface area (Å²) in [6, 6.07) is 8.81. The summed E-state index contributed by atoms with van der Waals surface area (Å²) in [5, 5.41) is 4.24. The van der Waals surface area contributed by atoms with E-state index in [0.29, 0.717) is 44.3 Å². The van der Waals surface area contributed by atoms with Gasteiger partial charge in [0.1, 0.15) is 0 Å². The molecule has 0 saturated heterocycles. The second kappa shape index (κ2) is 16.7. The molecule has 0 bridgehead atoms. The van der Waals surface area contributed by atoms with Gasteiger partial charge in [-0.2, -0.15) is 18.3 Å². The van der Waals surface area contributed by atoms with Gasteiger partial charge in [0.05, 0.1) is 39.6 Å². The molecule has 2 aliphatic carbocycles. The van der Waals surface area contributed by atoms with Gasteiger partial charge in [0.2, 0.25) is 0 Å². The van der Waals surface area contributed by atoms with Crippen molar-refractivity contribution in [2.45, 2.75) is 89.9 Å². The first-order valence-corrected chi connectivity index (χ1v) is 15.9. The van der Waals surface area contributed by atoms with Gasteiger partial charge in [-0.25, -0.2) is 4.68 Å². The van der Waals surface area contributed by atoms with Crippen LogP contribution in [-0.2, 0) is 6.18 Å². The van der Waals surface area contributed by atoms with E-state index >= 15 is 0 Å². The Kier molecular flexibility index (Phi) is 13.6. The third-order valence-electron chi connectivity index (χ3n) is 8.17. The summed E-state index contributed by atoms with van der Waals surface area (Å²) in [6.07, 6.45) is 10.8.